The summed E-state index contributed by atoms with van der Waals surface area (Å²) < 4.78 is 25.5. The summed E-state index contributed by atoms with van der Waals surface area (Å²) in [7, 11) is -4.05. The van der Waals surface area contributed by atoms with Crippen LogP contribution < -0.4 is 10.9 Å². The predicted octanol–water partition coefficient (Wildman–Crippen LogP) is 4.33. The number of rotatable bonds is 8. The van der Waals surface area contributed by atoms with E-state index in [1.54, 1.807) is 0 Å². The van der Waals surface area contributed by atoms with Crippen LogP contribution in [0.5, 0.6) is 0 Å². The standard InChI is InChI=1S/C22H22ClN3O4S2/c1-3-14-5-9-16(10-6-14)25-20(27)18(4-2)31-22-24-13-19(21(28)26-22)32(29,30)17-11-7-15(23)8-12-17/h5-13,18H,3-4H2,1-2H3,(H,25,27)(H,24,26,28)/t18-/m1/s1. The molecule has 0 bridgehead atoms. The first-order chi connectivity index (χ1) is 15.2. The molecule has 0 aliphatic rings. The predicted molar refractivity (Wildman–Crippen MR) is 126 cm³/mol. The van der Waals surface area contributed by atoms with Crippen molar-refractivity contribution in [2.75, 3.05) is 5.32 Å². The van der Waals surface area contributed by atoms with Crippen molar-refractivity contribution in [2.45, 2.75) is 46.9 Å². The zero-order valence-corrected chi connectivity index (χ0v) is 19.9. The Bertz CT molecular complexity index is 1260. The Kier molecular flexibility index (Phi) is 7.76. The largest absolute Gasteiger partial charge is 0.325 e. The highest BCUT2D eigenvalue weighted by Crippen LogP contribution is 2.24. The minimum absolute atomic E-state index is 0.0606. The normalized spacial score (nSPS) is 12.3. The number of carbonyl (C=O) groups excluding carboxylic acids is 1. The Hall–Kier alpha value is -2.62. The number of anilines is 1. The van der Waals surface area contributed by atoms with Crippen LogP contribution in [-0.4, -0.2) is 29.5 Å². The molecule has 0 aliphatic heterocycles. The second kappa shape index (κ2) is 10.3. The summed E-state index contributed by atoms with van der Waals surface area (Å²) in [6.07, 6.45) is 2.40. The lowest BCUT2D eigenvalue weighted by Crippen LogP contribution is -2.26. The number of aromatic amines is 1. The molecule has 0 spiro atoms. The van der Waals surface area contributed by atoms with Crippen molar-refractivity contribution >= 4 is 44.8 Å². The number of carbonyl (C=O) groups is 1. The molecular weight excluding hydrogens is 470 g/mol. The fourth-order valence-corrected chi connectivity index (χ4v) is 5.09. The fraction of sp³-hybridized carbons (Fsp3) is 0.227. The van der Waals surface area contributed by atoms with Crippen LogP contribution in [0.1, 0.15) is 25.8 Å². The Morgan fingerprint density at radius 1 is 1.12 bits per heavy atom. The number of nitrogens with one attached hydrogen (secondary N) is 2. The molecule has 7 nitrogen and oxygen atoms in total. The second-order valence-electron chi connectivity index (χ2n) is 6.89. The Morgan fingerprint density at radius 3 is 2.34 bits per heavy atom. The van der Waals surface area contributed by atoms with Crippen molar-refractivity contribution in [1.82, 2.24) is 9.97 Å². The molecule has 0 saturated carbocycles. The van der Waals surface area contributed by atoms with E-state index in [1.807, 2.05) is 31.2 Å². The molecule has 1 heterocycles. The van der Waals surface area contributed by atoms with Gasteiger partial charge in [0, 0.05) is 10.7 Å². The van der Waals surface area contributed by atoms with Crippen LogP contribution in [-0.2, 0) is 21.1 Å². The van der Waals surface area contributed by atoms with Gasteiger partial charge in [0.1, 0.15) is 0 Å². The van der Waals surface area contributed by atoms with Crippen LogP contribution in [0.25, 0.3) is 0 Å². The SMILES string of the molecule is CCc1ccc(NC(=O)[C@@H](CC)Sc2ncc(S(=O)(=O)c3ccc(Cl)cc3)c(=O)[nH]2)cc1. The topological polar surface area (TPSA) is 109 Å². The van der Waals surface area contributed by atoms with Gasteiger partial charge in [0.05, 0.1) is 16.3 Å². The first kappa shape index (κ1) is 24.0. The van der Waals surface area contributed by atoms with Crippen LogP contribution in [0.15, 0.2) is 74.5 Å². The van der Waals surface area contributed by atoms with E-state index in [9.17, 15) is 18.0 Å². The maximum absolute atomic E-state index is 12.7. The van der Waals surface area contributed by atoms with Crippen molar-refractivity contribution < 1.29 is 13.2 Å². The number of sulfone groups is 1. The van der Waals surface area contributed by atoms with Gasteiger partial charge in [0.2, 0.25) is 15.7 Å². The number of amides is 1. The van der Waals surface area contributed by atoms with Gasteiger partial charge < -0.3 is 10.3 Å². The van der Waals surface area contributed by atoms with Gasteiger partial charge in [-0.3, -0.25) is 9.59 Å². The Morgan fingerprint density at radius 2 is 1.78 bits per heavy atom. The minimum Gasteiger partial charge on any atom is -0.325 e. The van der Waals surface area contributed by atoms with Crippen LogP contribution in [0, 0.1) is 0 Å². The summed E-state index contributed by atoms with van der Waals surface area (Å²) in [4.78, 5) is 31.2. The number of thioether (sulfide) groups is 1. The third-order valence-corrected chi connectivity index (χ3v) is 7.98. The molecule has 3 rings (SSSR count). The van der Waals surface area contributed by atoms with E-state index < -0.39 is 25.5 Å². The van der Waals surface area contributed by atoms with E-state index in [-0.39, 0.29) is 16.0 Å². The van der Waals surface area contributed by atoms with Gasteiger partial charge in [-0.25, -0.2) is 13.4 Å². The lowest BCUT2D eigenvalue weighted by atomic mass is 10.1. The third-order valence-electron chi connectivity index (χ3n) is 4.70. The van der Waals surface area contributed by atoms with Gasteiger partial charge in [-0.1, -0.05) is 49.3 Å². The van der Waals surface area contributed by atoms with Crippen LogP contribution in [0.4, 0.5) is 5.69 Å². The quantitative estimate of drug-likeness (QED) is 0.358. The van der Waals surface area contributed by atoms with Crippen LogP contribution in [0.3, 0.4) is 0 Å². The summed E-state index contributed by atoms with van der Waals surface area (Å²) >= 11 is 6.87. The molecule has 10 heteroatoms. The molecule has 0 saturated heterocycles. The highest BCUT2D eigenvalue weighted by molar-refractivity contribution is 8.00. The van der Waals surface area contributed by atoms with Crippen LogP contribution in [0.2, 0.25) is 5.02 Å². The number of nitrogens with zero attached hydrogens (tertiary/aromatic N) is 1. The summed E-state index contributed by atoms with van der Waals surface area (Å²) in [5.74, 6) is -0.234. The first-order valence-electron chi connectivity index (χ1n) is 9.91. The number of aromatic nitrogens is 2. The summed E-state index contributed by atoms with van der Waals surface area (Å²) in [5.41, 5.74) is 1.04. The summed E-state index contributed by atoms with van der Waals surface area (Å²) in [6.45, 7) is 3.89. The fourth-order valence-electron chi connectivity index (χ4n) is 2.86. The van der Waals surface area contributed by atoms with Gasteiger partial charge in [-0.15, -0.1) is 0 Å². The Balaban J connectivity index is 1.76. The van der Waals surface area contributed by atoms with Crippen molar-refractivity contribution in [3.63, 3.8) is 0 Å². The van der Waals surface area contributed by atoms with E-state index in [1.165, 1.54) is 29.8 Å². The van der Waals surface area contributed by atoms with Gasteiger partial charge >= 0.3 is 0 Å². The van der Waals surface area contributed by atoms with Crippen molar-refractivity contribution in [2.24, 2.45) is 0 Å². The molecule has 1 atom stereocenters. The minimum atomic E-state index is -4.05. The number of H-pyrrole nitrogens is 1. The molecule has 2 N–H and O–H groups in total. The maximum Gasteiger partial charge on any atom is 0.270 e. The highest BCUT2D eigenvalue weighted by Gasteiger charge is 2.24. The lowest BCUT2D eigenvalue weighted by Gasteiger charge is -2.14. The summed E-state index contributed by atoms with van der Waals surface area (Å²) in [5, 5.41) is 2.87. The zero-order chi connectivity index (χ0) is 23.3. The molecule has 0 unspecified atom stereocenters. The molecule has 32 heavy (non-hydrogen) atoms. The molecule has 168 valence electrons. The highest BCUT2D eigenvalue weighted by atomic mass is 35.5. The third kappa shape index (κ3) is 5.59. The smallest absolute Gasteiger partial charge is 0.270 e. The van der Waals surface area contributed by atoms with Crippen molar-refractivity contribution in [1.29, 1.82) is 0 Å². The zero-order valence-electron chi connectivity index (χ0n) is 17.5. The van der Waals surface area contributed by atoms with E-state index in [0.717, 1.165) is 24.4 Å². The van der Waals surface area contributed by atoms with E-state index in [0.29, 0.717) is 17.1 Å². The molecule has 2 aromatic carbocycles. The number of benzene rings is 2. The molecule has 0 fully saturated rings. The number of aryl methyl sites for hydroxylation is 1. The maximum atomic E-state index is 12.7. The molecule has 1 amide bonds. The monoisotopic (exact) mass is 491 g/mol. The van der Waals surface area contributed by atoms with Gasteiger partial charge in [0.25, 0.3) is 5.56 Å². The van der Waals surface area contributed by atoms with E-state index in [2.05, 4.69) is 22.2 Å². The number of halogens is 1. The molecule has 3 aromatic rings. The first-order valence-corrected chi connectivity index (χ1v) is 12.6. The second-order valence-corrected chi connectivity index (χ2v) is 10.4. The van der Waals surface area contributed by atoms with Crippen molar-refractivity contribution in [3.8, 4) is 0 Å². The Labute approximate surface area is 195 Å². The number of hydrogen-bond donors (Lipinski definition) is 2. The molecule has 0 aliphatic carbocycles. The summed E-state index contributed by atoms with van der Waals surface area (Å²) in [6, 6.07) is 13.1. The van der Waals surface area contributed by atoms with Gasteiger partial charge in [-0.2, -0.15) is 0 Å². The molecule has 0 radical (unpaired) electrons. The van der Waals surface area contributed by atoms with Gasteiger partial charge in [-0.05, 0) is 54.8 Å². The van der Waals surface area contributed by atoms with Gasteiger partial charge in [0.15, 0.2) is 10.1 Å². The lowest BCUT2D eigenvalue weighted by molar-refractivity contribution is -0.115. The van der Waals surface area contributed by atoms with E-state index >= 15 is 0 Å². The average Bonchev–Trinajstić information content (AvgIpc) is 2.78. The van der Waals surface area contributed by atoms with Crippen molar-refractivity contribution in [3.05, 3.63) is 75.7 Å². The van der Waals surface area contributed by atoms with E-state index in [4.69, 9.17) is 11.6 Å². The van der Waals surface area contributed by atoms with Crippen LogP contribution >= 0.6 is 23.4 Å². The number of hydrogen-bond acceptors (Lipinski definition) is 6. The molecular formula is C22H22ClN3O4S2. The average molecular weight is 492 g/mol. The molecule has 1 aromatic heterocycles.